The minimum absolute atomic E-state index is 0.183. The van der Waals surface area contributed by atoms with Gasteiger partial charge in [0.05, 0.1) is 5.38 Å². The summed E-state index contributed by atoms with van der Waals surface area (Å²) in [6.45, 7) is 1.82. The van der Waals surface area contributed by atoms with Crippen LogP contribution in [0.1, 0.15) is 27.9 Å². The van der Waals surface area contributed by atoms with Crippen LogP contribution in [0.15, 0.2) is 18.2 Å². The highest BCUT2D eigenvalue weighted by Crippen LogP contribution is 2.27. The Kier molecular flexibility index (Phi) is 3.97. The summed E-state index contributed by atoms with van der Waals surface area (Å²) in [6, 6.07) is 4.62. The van der Waals surface area contributed by atoms with Crippen LogP contribution in [0.5, 0.6) is 0 Å². The molecule has 1 atom stereocenters. The fourth-order valence-electron chi connectivity index (χ4n) is 1.35. The van der Waals surface area contributed by atoms with E-state index in [0.29, 0.717) is 22.0 Å². The number of alkyl halides is 1. The maximum atomic E-state index is 13.5. The summed E-state index contributed by atoms with van der Waals surface area (Å²) in [4.78, 5) is 0. The standard InChI is InChI=1S/C11H9Cl2FN2S/c1-6(12)11-16-15-10(17-11)5-7-8(13)3-2-4-9(7)14/h2-4,6H,5H2,1H3. The Hall–Kier alpha value is -0.710. The van der Waals surface area contributed by atoms with Crippen LogP contribution in [0.4, 0.5) is 4.39 Å². The van der Waals surface area contributed by atoms with E-state index in [1.807, 2.05) is 6.92 Å². The molecule has 1 heterocycles. The van der Waals surface area contributed by atoms with Gasteiger partial charge in [-0.25, -0.2) is 4.39 Å². The molecule has 0 aliphatic heterocycles. The number of benzene rings is 1. The number of hydrogen-bond acceptors (Lipinski definition) is 3. The third-order valence-electron chi connectivity index (χ3n) is 2.21. The molecule has 0 bridgehead atoms. The van der Waals surface area contributed by atoms with E-state index < -0.39 is 0 Å². The Bertz CT molecular complexity index is 508. The highest BCUT2D eigenvalue weighted by atomic mass is 35.5. The molecular formula is C11H9Cl2FN2S. The van der Waals surface area contributed by atoms with E-state index in [0.717, 1.165) is 5.01 Å². The number of aromatic nitrogens is 2. The van der Waals surface area contributed by atoms with Gasteiger partial charge in [-0.1, -0.05) is 29.0 Å². The second-order valence-electron chi connectivity index (χ2n) is 3.53. The predicted molar refractivity (Wildman–Crippen MR) is 68.4 cm³/mol. The number of nitrogens with zero attached hydrogens (tertiary/aromatic N) is 2. The van der Waals surface area contributed by atoms with Gasteiger partial charge in [0.15, 0.2) is 0 Å². The monoisotopic (exact) mass is 290 g/mol. The van der Waals surface area contributed by atoms with Crippen LogP contribution in [0, 0.1) is 5.82 Å². The first-order chi connectivity index (χ1) is 8.08. The lowest BCUT2D eigenvalue weighted by molar-refractivity contribution is 0.613. The average molecular weight is 291 g/mol. The van der Waals surface area contributed by atoms with Crippen molar-refractivity contribution < 1.29 is 4.39 Å². The van der Waals surface area contributed by atoms with Gasteiger partial charge in [0.25, 0.3) is 0 Å². The summed E-state index contributed by atoms with van der Waals surface area (Å²) in [6.07, 6.45) is 0.340. The fraction of sp³-hybridized carbons (Fsp3) is 0.273. The van der Waals surface area contributed by atoms with Crippen molar-refractivity contribution in [2.45, 2.75) is 18.7 Å². The van der Waals surface area contributed by atoms with Gasteiger partial charge in [-0.15, -0.1) is 21.8 Å². The molecule has 2 rings (SSSR count). The molecule has 0 aliphatic rings. The van der Waals surface area contributed by atoms with Gasteiger partial charge in [0.1, 0.15) is 15.8 Å². The molecule has 1 aromatic heterocycles. The van der Waals surface area contributed by atoms with Crippen molar-refractivity contribution in [3.8, 4) is 0 Å². The molecule has 0 radical (unpaired) electrons. The first-order valence-corrected chi connectivity index (χ1v) is 6.60. The van der Waals surface area contributed by atoms with Crippen LogP contribution in [0.2, 0.25) is 5.02 Å². The van der Waals surface area contributed by atoms with E-state index in [9.17, 15) is 4.39 Å². The van der Waals surface area contributed by atoms with Crippen molar-refractivity contribution in [2.24, 2.45) is 0 Å². The molecule has 0 saturated heterocycles. The Morgan fingerprint density at radius 3 is 2.76 bits per heavy atom. The maximum Gasteiger partial charge on any atom is 0.135 e. The number of hydrogen-bond donors (Lipinski definition) is 0. The lowest BCUT2D eigenvalue weighted by Gasteiger charge is -2.02. The SMILES string of the molecule is CC(Cl)c1nnc(Cc2c(F)cccc2Cl)s1. The van der Waals surface area contributed by atoms with Gasteiger partial charge < -0.3 is 0 Å². The van der Waals surface area contributed by atoms with Gasteiger partial charge >= 0.3 is 0 Å². The molecule has 1 unspecified atom stereocenters. The van der Waals surface area contributed by atoms with E-state index in [1.54, 1.807) is 12.1 Å². The van der Waals surface area contributed by atoms with E-state index in [2.05, 4.69) is 10.2 Å². The maximum absolute atomic E-state index is 13.5. The first-order valence-electron chi connectivity index (χ1n) is 4.97. The molecule has 0 amide bonds. The Morgan fingerprint density at radius 2 is 2.18 bits per heavy atom. The fourth-order valence-corrected chi connectivity index (χ4v) is 2.54. The predicted octanol–water partition coefficient (Wildman–Crippen LogP) is 4.22. The average Bonchev–Trinajstić information content (AvgIpc) is 2.72. The van der Waals surface area contributed by atoms with E-state index in [1.165, 1.54) is 17.4 Å². The topological polar surface area (TPSA) is 25.8 Å². The summed E-state index contributed by atoms with van der Waals surface area (Å²) < 4.78 is 13.5. The summed E-state index contributed by atoms with van der Waals surface area (Å²) in [5.74, 6) is -0.326. The Labute approximate surface area is 112 Å². The van der Waals surface area contributed by atoms with E-state index in [4.69, 9.17) is 23.2 Å². The molecule has 2 aromatic rings. The minimum Gasteiger partial charge on any atom is -0.207 e. The lowest BCUT2D eigenvalue weighted by atomic mass is 10.1. The summed E-state index contributed by atoms with van der Waals surface area (Å²) >= 11 is 13.2. The van der Waals surface area contributed by atoms with Crippen molar-refractivity contribution in [1.82, 2.24) is 10.2 Å². The van der Waals surface area contributed by atoms with Crippen LogP contribution in [0.25, 0.3) is 0 Å². The molecule has 17 heavy (non-hydrogen) atoms. The van der Waals surface area contributed by atoms with E-state index in [-0.39, 0.29) is 11.2 Å². The molecule has 0 saturated carbocycles. The van der Waals surface area contributed by atoms with Crippen molar-refractivity contribution >= 4 is 34.5 Å². The lowest BCUT2D eigenvalue weighted by Crippen LogP contribution is -1.93. The zero-order valence-corrected chi connectivity index (χ0v) is 11.3. The van der Waals surface area contributed by atoms with Crippen LogP contribution in [0.3, 0.4) is 0 Å². The minimum atomic E-state index is -0.326. The summed E-state index contributed by atoms with van der Waals surface area (Å²) in [5, 5.41) is 9.57. The molecule has 2 nitrogen and oxygen atoms in total. The molecular weight excluding hydrogens is 282 g/mol. The van der Waals surface area contributed by atoms with Crippen molar-refractivity contribution in [3.05, 3.63) is 44.6 Å². The van der Waals surface area contributed by atoms with Gasteiger partial charge in [-0.2, -0.15) is 0 Å². The van der Waals surface area contributed by atoms with Crippen molar-refractivity contribution in [3.63, 3.8) is 0 Å². The van der Waals surface area contributed by atoms with Crippen molar-refractivity contribution in [1.29, 1.82) is 0 Å². The number of halogens is 3. The molecule has 0 N–H and O–H groups in total. The molecule has 0 aliphatic carbocycles. The van der Waals surface area contributed by atoms with Gasteiger partial charge in [0, 0.05) is 17.0 Å². The highest BCUT2D eigenvalue weighted by molar-refractivity contribution is 7.11. The van der Waals surface area contributed by atoms with Gasteiger partial charge in [-0.05, 0) is 19.1 Å². The molecule has 1 aromatic carbocycles. The first kappa shape index (κ1) is 12.7. The third kappa shape index (κ3) is 2.94. The summed E-state index contributed by atoms with van der Waals surface area (Å²) in [7, 11) is 0. The zero-order chi connectivity index (χ0) is 12.4. The van der Waals surface area contributed by atoms with Gasteiger partial charge in [-0.3, -0.25) is 0 Å². The van der Waals surface area contributed by atoms with E-state index >= 15 is 0 Å². The quantitative estimate of drug-likeness (QED) is 0.791. The molecule has 0 fully saturated rings. The smallest absolute Gasteiger partial charge is 0.135 e. The third-order valence-corrected chi connectivity index (χ3v) is 4.01. The zero-order valence-electron chi connectivity index (χ0n) is 8.95. The Morgan fingerprint density at radius 1 is 1.41 bits per heavy atom. The van der Waals surface area contributed by atoms with Crippen LogP contribution >= 0.6 is 34.5 Å². The molecule has 6 heteroatoms. The largest absolute Gasteiger partial charge is 0.207 e. The Balaban J connectivity index is 2.25. The normalized spacial score (nSPS) is 12.7. The molecule has 90 valence electrons. The summed E-state index contributed by atoms with van der Waals surface area (Å²) in [5.41, 5.74) is 0.444. The number of rotatable bonds is 3. The van der Waals surface area contributed by atoms with Crippen LogP contribution in [-0.4, -0.2) is 10.2 Å². The highest BCUT2D eigenvalue weighted by Gasteiger charge is 2.13. The van der Waals surface area contributed by atoms with Gasteiger partial charge in [0.2, 0.25) is 0 Å². The second kappa shape index (κ2) is 5.29. The van der Waals surface area contributed by atoms with Crippen LogP contribution in [-0.2, 0) is 6.42 Å². The second-order valence-corrected chi connectivity index (χ2v) is 5.68. The van der Waals surface area contributed by atoms with Crippen molar-refractivity contribution in [2.75, 3.05) is 0 Å². The van der Waals surface area contributed by atoms with Crippen LogP contribution < -0.4 is 0 Å². The molecule has 0 spiro atoms.